The van der Waals surface area contributed by atoms with E-state index in [0.717, 1.165) is 37.5 Å². The Balaban J connectivity index is 1.60. The average molecular weight is 221 g/mol. The third kappa shape index (κ3) is 1.39. The first-order valence-corrected chi connectivity index (χ1v) is 7.15. The van der Waals surface area contributed by atoms with E-state index in [2.05, 4.69) is 5.32 Å². The van der Waals surface area contributed by atoms with Gasteiger partial charge in [-0.1, -0.05) is 0 Å². The molecule has 16 heavy (non-hydrogen) atoms. The molecule has 0 aromatic heterocycles. The van der Waals surface area contributed by atoms with Crippen LogP contribution in [0.5, 0.6) is 0 Å². The fourth-order valence-electron chi connectivity index (χ4n) is 5.56. The highest BCUT2D eigenvalue weighted by Gasteiger charge is 2.54. The van der Waals surface area contributed by atoms with Crippen molar-refractivity contribution in [3.8, 4) is 0 Å². The second-order valence-electron chi connectivity index (χ2n) is 6.86. The Bertz CT molecular complexity index is 247. The first-order chi connectivity index (χ1) is 7.84. The molecule has 1 heterocycles. The van der Waals surface area contributed by atoms with E-state index >= 15 is 0 Å². The molecule has 5 fully saturated rings. The molecule has 1 N–H and O–H groups in total. The van der Waals surface area contributed by atoms with E-state index in [1.807, 2.05) is 0 Å². The van der Waals surface area contributed by atoms with Gasteiger partial charge in [-0.2, -0.15) is 0 Å². The molecule has 1 saturated heterocycles. The van der Waals surface area contributed by atoms with Gasteiger partial charge in [0.15, 0.2) is 0 Å². The Morgan fingerprint density at radius 1 is 0.938 bits per heavy atom. The molecule has 0 radical (unpaired) electrons. The minimum Gasteiger partial charge on any atom is -0.378 e. The summed E-state index contributed by atoms with van der Waals surface area (Å²) in [5.74, 6) is 3.19. The summed E-state index contributed by atoms with van der Waals surface area (Å²) < 4.78 is 5.71. The molecule has 0 amide bonds. The smallest absolute Gasteiger partial charge is 0.0625 e. The highest BCUT2D eigenvalue weighted by atomic mass is 16.5. The summed E-state index contributed by atoms with van der Waals surface area (Å²) in [7, 11) is 0. The second kappa shape index (κ2) is 3.46. The van der Waals surface area contributed by atoms with Crippen molar-refractivity contribution in [2.45, 2.75) is 44.6 Å². The van der Waals surface area contributed by atoms with Gasteiger partial charge in [0.25, 0.3) is 0 Å². The summed E-state index contributed by atoms with van der Waals surface area (Å²) in [5.41, 5.74) is 0.634. The number of nitrogens with one attached hydrogen (secondary N) is 1. The highest BCUT2D eigenvalue weighted by Crippen LogP contribution is 2.61. The Morgan fingerprint density at radius 2 is 1.56 bits per heavy atom. The number of hydrogen-bond acceptors (Lipinski definition) is 2. The summed E-state index contributed by atoms with van der Waals surface area (Å²) in [6.07, 6.45) is 9.15. The zero-order chi connectivity index (χ0) is 10.6. The van der Waals surface area contributed by atoms with Crippen molar-refractivity contribution in [3.63, 3.8) is 0 Å². The zero-order valence-electron chi connectivity index (χ0n) is 10.1. The summed E-state index contributed by atoms with van der Waals surface area (Å²) in [5, 5.41) is 3.75. The van der Waals surface area contributed by atoms with Crippen LogP contribution in [0.15, 0.2) is 0 Å². The van der Waals surface area contributed by atoms with E-state index in [4.69, 9.17) is 4.74 Å². The van der Waals surface area contributed by atoms with E-state index in [0.29, 0.717) is 11.5 Å². The molecule has 1 unspecified atom stereocenters. The lowest BCUT2D eigenvalue weighted by molar-refractivity contribution is -0.0985. The molecule has 4 aliphatic carbocycles. The molecule has 1 aliphatic heterocycles. The van der Waals surface area contributed by atoms with Crippen LogP contribution in [0.2, 0.25) is 0 Å². The van der Waals surface area contributed by atoms with Crippen molar-refractivity contribution < 1.29 is 4.74 Å². The summed E-state index contributed by atoms with van der Waals surface area (Å²) in [6.45, 7) is 2.97. The van der Waals surface area contributed by atoms with Crippen LogP contribution in [0.3, 0.4) is 0 Å². The molecule has 2 nitrogen and oxygen atoms in total. The van der Waals surface area contributed by atoms with E-state index in [1.54, 1.807) is 19.3 Å². The lowest BCUT2D eigenvalue weighted by Crippen LogP contribution is -2.59. The molecular formula is C14H23NO. The highest BCUT2D eigenvalue weighted by molar-refractivity contribution is 5.06. The van der Waals surface area contributed by atoms with Crippen molar-refractivity contribution in [1.82, 2.24) is 5.32 Å². The van der Waals surface area contributed by atoms with E-state index in [-0.39, 0.29) is 0 Å². The topological polar surface area (TPSA) is 21.3 Å². The lowest BCUT2D eigenvalue weighted by Gasteiger charge is -2.60. The van der Waals surface area contributed by atoms with Gasteiger partial charge < -0.3 is 10.1 Å². The van der Waals surface area contributed by atoms with Crippen molar-refractivity contribution in [2.75, 3.05) is 19.8 Å². The molecule has 5 aliphatic rings. The third-order valence-corrected chi connectivity index (χ3v) is 5.75. The third-order valence-electron chi connectivity index (χ3n) is 5.75. The van der Waals surface area contributed by atoms with Gasteiger partial charge in [-0.15, -0.1) is 0 Å². The Labute approximate surface area is 98.1 Å². The molecule has 0 spiro atoms. The molecule has 5 rings (SSSR count). The van der Waals surface area contributed by atoms with E-state index < -0.39 is 0 Å². The van der Waals surface area contributed by atoms with E-state index in [1.165, 1.54) is 19.3 Å². The summed E-state index contributed by atoms with van der Waals surface area (Å²) in [4.78, 5) is 0. The summed E-state index contributed by atoms with van der Waals surface area (Å²) >= 11 is 0. The maximum Gasteiger partial charge on any atom is 0.0625 e. The van der Waals surface area contributed by atoms with Crippen molar-refractivity contribution in [1.29, 1.82) is 0 Å². The molecular weight excluding hydrogens is 198 g/mol. The molecule has 4 saturated carbocycles. The molecule has 4 bridgehead atoms. The standard InChI is InChI=1S/C14H23NO/c1-2-16-9-13(15-1)14-6-10-3-11(7-14)5-12(4-10)8-14/h10-13,15H,1-9H2. The van der Waals surface area contributed by atoms with Crippen LogP contribution in [0.4, 0.5) is 0 Å². The van der Waals surface area contributed by atoms with Gasteiger partial charge in [0.2, 0.25) is 0 Å². The largest absolute Gasteiger partial charge is 0.378 e. The van der Waals surface area contributed by atoms with Crippen LogP contribution < -0.4 is 5.32 Å². The van der Waals surface area contributed by atoms with Crippen LogP contribution in [0.1, 0.15) is 38.5 Å². The predicted molar refractivity (Wildman–Crippen MR) is 63.2 cm³/mol. The minimum absolute atomic E-state index is 0.634. The first kappa shape index (κ1) is 9.90. The monoisotopic (exact) mass is 221 g/mol. The maximum absolute atomic E-state index is 5.71. The second-order valence-corrected chi connectivity index (χ2v) is 6.86. The van der Waals surface area contributed by atoms with Crippen LogP contribution in [0, 0.1) is 23.2 Å². The van der Waals surface area contributed by atoms with Crippen LogP contribution in [-0.2, 0) is 4.74 Å². The molecule has 90 valence electrons. The normalized spacial score (nSPS) is 55.5. The summed E-state index contributed by atoms with van der Waals surface area (Å²) in [6, 6.07) is 0.676. The van der Waals surface area contributed by atoms with Gasteiger partial charge >= 0.3 is 0 Å². The quantitative estimate of drug-likeness (QED) is 0.733. The van der Waals surface area contributed by atoms with Gasteiger partial charge in [0, 0.05) is 12.6 Å². The SMILES string of the molecule is C1COCC(C23CC4CC(CC(C4)C2)C3)N1. The number of rotatable bonds is 1. The first-order valence-electron chi connectivity index (χ1n) is 7.15. The molecule has 2 heteroatoms. The van der Waals surface area contributed by atoms with Gasteiger partial charge in [-0.3, -0.25) is 0 Å². The Morgan fingerprint density at radius 3 is 2.06 bits per heavy atom. The number of hydrogen-bond donors (Lipinski definition) is 1. The average Bonchev–Trinajstić information content (AvgIpc) is 2.28. The fourth-order valence-corrected chi connectivity index (χ4v) is 5.56. The molecule has 0 aromatic carbocycles. The fraction of sp³-hybridized carbons (Fsp3) is 1.00. The minimum atomic E-state index is 0.634. The number of morpholine rings is 1. The van der Waals surface area contributed by atoms with Gasteiger partial charge in [0.1, 0.15) is 0 Å². The number of ether oxygens (including phenoxy) is 1. The van der Waals surface area contributed by atoms with Gasteiger partial charge in [-0.25, -0.2) is 0 Å². The Hall–Kier alpha value is -0.0800. The van der Waals surface area contributed by atoms with Gasteiger partial charge in [-0.05, 0) is 61.7 Å². The molecule has 0 aromatic rings. The van der Waals surface area contributed by atoms with Crippen molar-refractivity contribution in [3.05, 3.63) is 0 Å². The van der Waals surface area contributed by atoms with Gasteiger partial charge in [0.05, 0.1) is 13.2 Å². The zero-order valence-corrected chi connectivity index (χ0v) is 10.1. The molecule has 1 atom stereocenters. The van der Waals surface area contributed by atoms with E-state index in [9.17, 15) is 0 Å². The lowest BCUT2D eigenvalue weighted by atomic mass is 9.47. The Kier molecular flexibility index (Phi) is 2.14. The van der Waals surface area contributed by atoms with Crippen LogP contribution in [-0.4, -0.2) is 25.8 Å². The predicted octanol–water partition coefficient (Wildman–Crippen LogP) is 2.19. The van der Waals surface area contributed by atoms with Crippen LogP contribution in [0.25, 0.3) is 0 Å². The van der Waals surface area contributed by atoms with Crippen molar-refractivity contribution in [2.24, 2.45) is 23.2 Å². The van der Waals surface area contributed by atoms with Crippen molar-refractivity contribution >= 4 is 0 Å². The van der Waals surface area contributed by atoms with Crippen LogP contribution >= 0.6 is 0 Å². The maximum atomic E-state index is 5.71.